The first-order chi connectivity index (χ1) is 16.3. The molecule has 0 amide bonds. The van der Waals surface area contributed by atoms with Crippen molar-refractivity contribution in [3.8, 4) is 5.75 Å². The van der Waals surface area contributed by atoms with Crippen LogP contribution in [0.15, 0.2) is 42.5 Å². The van der Waals surface area contributed by atoms with Crippen LogP contribution in [0.2, 0.25) is 0 Å². The Morgan fingerprint density at radius 3 is 1.91 bits per heavy atom. The first kappa shape index (κ1) is 30.1. The molecule has 0 bridgehead atoms. The maximum Gasteiger partial charge on any atom is 0.397 e. The van der Waals surface area contributed by atoms with Crippen molar-refractivity contribution < 1.29 is 13.6 Å². The summed E-state index contributed by atoms with van der Waals surface area (Å²) < 4.78 is 18.0. The number of para-hydroxylation sites is 1. The molecule has 0 aromatic heterocycles. The Morgan fingerprint density at radius 1 is 0.727 bits per heavy atom. The standard InChI is InChI=1S/C29H51O3P/c1-4-6-7-8-9-10-11-12-13-14-15-16-17-18-19-23-27-30-33(31-28(3)24-5-2)32-29-25-21-20-22-26-29/h12-13,20-22,25-26,28H,4-11,14-19,23-24,27H2,1-3H3/b13-12-. The minimum Gasteiger partial charge on any atom is -0.427 e. The quantitative estimate of drug-likeness (QED) is 0.0889. The van der Waals surface area contributed by atoms with E-state index in [1.807, 2.05) is 30.3 Å². The van der Waals surface area contributed by atoms with Crippen LogP contribution in [0.1, 0.15) is 124 Å². The van der Waals surface area contributed by atoms with Gasteiger partial charge < -0.3 is 9.05 Å². The lowest BCUT2D eigenvalue weighted by Gasteiger charge is -2.20. The summed E-state index contributed by atoms with van der Waals surface area (Å²) in [6, 6.07) is 9.85. The molecule has 0 saturated carbocycles. The summed E-state index contributed by atoms with van der Waals surface area (Å²) in [5.74, 6) is 0.813. The van der Waals surface area contributed by atoms with E-state index in [1.54, 1.807) is 0 Å². The fourth-order valence-electron chi connectivity index (χ4n) is 3.74. The monoisotopic (exact) mass is 478 g/mol. The van der Waals surface area contributed by atoms with Crippen LogP contribution in [0.25, 0.3) is 0 Å². The van der Waals surface area contributed by atoms with Gasteiger partial charge in [-0.15, -0.1) is 0 Å². The van der Waals surface area contributed by atoms with Gasteiger partial charge in [0.2, 0.25) is 0 Å². The molecule has 0 N–H and O–H groups in total. The summed E-state index contributed by atoms with van der Waals surface area (Å²) in [6.07, 6.45) is 25.5. The number of hydrogen-bond acceptors (Lipinski definition) is 3. The third-order valence-corrected chi connectivity index (χ3v) is 7.02. The Balaban J connectivity index is 2.01. The molecule has 2 atom stereocenters. The molecule has 1 aromatic rings. The first-order valence-electron chi connectivity index (χ1n) is 13.7. The normalized spacial score (nSPS) is 13.4. The molecule has 0 saturated heterocycles. The van der Waals surface area contributed by atoms with E-state index in [2.05, 4.69) is 32.9 Å². The second-order valence-corrected chi connectivity index (χ2v) is 10.2. The molecule has 0 fully saturated rings. The molecule has 1 rings (SSSR count). The van der Waals surface area contributed by atoms with Crippen molar-refractivity contribution in [2.24, 2.45) is 0 Å². The largest absolute Gasteiger partial charge is 0.427 e. The maximum atomic E-state index is 6.04. The third-order valence-electron chi connectivity index (χ3n) is 5.74. The van der Waals surface area contributed by atoms with E-state index in [-0.39, 0.29) is 6.10 Å². The Kier molecular flexibility index (Phi) is 20.9. The van der Waals surface area contributed by atoms with Gasteiger partial charge >= 0.3 is 8.60 Å². The molecule has 0 aliphatic carbocycles. The molecule has 190 valence electrons. The minimum atomic E-state index is -1.34. The highest BCUT2D eigenvalue weighted by Gasteiger charge is 2.18. The summed E-state index contributed by atoms with van der Waals surface area (Å²) in [6.45, 7) is 7.26. The van der Waals surface area contributed by atoms with Crippen LogP contribution in [0.3, 0.4) is 0 Å². The van der Waals surface area contributed by atoms with Gasteiger partial charge in [0.15, 0.2) is 0 Å². The van der Waals surface area contributed by atoms with E-state index in [9.17, 15) is 0 Å². The van der Waals surface area contributed by atoms with Gasteiger partial charge in [0.25, 0.3) is 0 Å². The summed E-state index contributed by atoms with van der Waals surface area (Å²) in [5, 5.41) is 0. The fourth-order valence-corrected chi connectivity index (χ4v) is 4.87. The molecular formula is C29H51O3P. The number of hydrogen-bond donors (Lipinski definition) is 0. The van der Waals surface area contributed by atoms with Crippen LogP contribution < -0.4 is 4.52 Å². The molecule has 0 aliphatic heterocycles. The van der Waals surface area contributed by atoms with E-state index < -0.39 is 8.60 Å². The first-order valence-corrected chi connectivity index (χ1v) is 14.8. The van der Waals surface area contributed by atoms with Gasteiger partial charge in [0.1, 0.15) is 5.75 Å². The SMILES string of the molecule is CCCCCCCC/C=C\CCCCCCCCOP(Oc1ccccc1)OC(C)CCC. The molecular weight excluding hydrogens is 427 g/mol. The topological polar surface area (TPSA) is 27.7 Å². The highest BCUT2D eigenvalue weighted by molar-refractivity contribution is 7.42. The van der Waals surface area contributed by atoms with Gasteiger partial charge in [-0.25, -0.2) is 0 Å². The summed E-state index contributed by atoms with van der Waals surface area (Å²) >= 11 is 0. The van der Waals surface area contributed by atoms with Crippen LogP contribution in [-0.2, 0) is 9.05 Å². The smallest absolute Gasteiger partial charge is 0.397 e. The van der Waals surface area contributed by atoms with Crippen molar-refractivity contribution in [1.29, 1.82) is 0 Å². The Labute approximate surface area is 206 Å². The van der Waals surface area contributed by atoms with Gasteiger partial charge in [-0.05, 0) is 57.6 Å². The zero-order chi connectivity index (χ0) is 23.8. The predicted octanol–water partition coefficient (Wildman–Crippen LogP) is 10.6. The number of benzene rings is 1. The van der Waals surface area contributed by atoms with Crippen LogP contribution in [0.4, 0.5) is 0 Å². The van der Waals surface area contributed by atoms with Gasteiger partial charge in [-0.2, -0.15) is 0 Å². The van der Waals surface area contributed by atoms with E-state index in [1.165, 1.54) is 83.5 Å². The van der Waals surface area contributed by atoms with Crippen LogP contribution in [0.5, 0.6) is 5.75 Å². The average molecular weight is 479 g/mol. The van der Waals surface area contributed by atoms with Crippen molar-refractivity contribution in [2.75, 3.05) is 6.61 Å². The van der Waals surface area contributed by atoms with Crippen molar-refractivity contribution in [2.45, 2.75) is 130 Å². The number of rotatable bonds is 23. The van der Waals surface area contributed by atoms with Crippen molar-refractivity contribution in [1.82, 2.24) is 0 Å². The number of allylic oxidation sites excluding steroid dienone is 2. The number of unbranched alkanes of at least 4 members (excludes halogenated alkanes) is 12. The summed E-state index contributed by atoms with van der Waals surface area (Å²) in [4.78, 5) is 0. The predicted molar refractivity (Wildman–Crippen MR) is 145 cm³/mol. The van der Waals surface area contributed by atoms with Crippen LogP contribution >= 0.6 is 8.60 Å². The molecule has 1 aromatic carbocycles. The lowest BCUT2D eigenvalue weighted by molar-refractivity contribution is 0.150. The molecule has 0 heterocycles. The molecule has 0 spiro atoms. The van der Waals surface area contributed by atoms with E-state index in [4.69, 9.17) is 13.6 Å². The second kappa shape index (κ2) is 22.9. The second-order valence-electron chi connectivity index (χ2n) is 9.10. The molecule has 0 radical (unpaired) electrons. The van der Waals surface area contributed by atoms with Gasteiger partial charge in [-0.1, -0.05) is 108 Å². The molecule has 3 nitrogen and oxygen atoms in total. The Hall–Kier alpha value is -0.890. The molecule has 4 heteroatoms. The average Bonchev–Trinajstić information content (AvgIpc) is 2.81. The van der Waals surface area contributed by atoms with Crippen molar-refractivity contribution in [3.63, 3.8) is 0 Å². The Bertz CT molecular complexity index is 549. The van der Waals surface area contributed by atoms with E-state index in [0.29, 0.717) is 6.61 Å². The fraction of sp³-hybridized carbons (Fsp3) is 0.724. The molecule has 0 aliphatic rings. The lowest BCUT2D eigenvalue weighted by Crippen LogP contribution is -2.08. The highest BCUT2D eigenvalue weighted by atomic mass is 31.2. The van der Waals surface area contributed by atoms with E-state index in [0.717, 1.165) is 25.0 Å². The van der Waals surface area contributed by atoms with Gasteiger partial charge in [-0.3, -0.25) is 4.52 Å². The van der Waals surface area contributed by atoms with Crippen LogP contribution in [0, 0.1) is 0 Å². The Morgan fingerprint density at radius 2 is 1.30 bits per heavy atom. The van der Waals surface area contributed by atoms with Crippen molar-refractivity contribution >= 4 is 8.60 Å². The summed E-state index contributed by atoms with van der Waals surface area (Å²) in [5.41, 5.74) is 0. The zero-order valence-corrected chi connectivity index (χ0v) is 22.7. The lowest BCUT2D eigenvalue weighted by atomic mass is 10.1. The molecule has 33 heavy (non-hydrogen) atoms. The highest BCUT2D eigenvalue weighted by Crippen LogP contribution is 2.42. The van der Waals surface area contributed by atoms with Gasteiger partial charge in [0, 0.05) is 0 Å². The van der Waals surface area contributed by atoms with E-state index >= 15 is 0 Å². The maximum absolute atomic E-state index is 6.04. The molecule has 2 unspecified atom stereocenters. The van der Waals surface area contributed by atoms with Crippen LogP contribution in [-0.4, -0.2) is 12.7 Å². The zero-order valence-electron chi connectivity index (χ0n) is 21.8. The van der Waals surface area contributed by atoms with Crippen molar-refractivity contribution in [3.05, 3.63) is 42.5 Å². The minimum absolute atomic E-state index is 0.157. The summed E-state index contributed by atoms with van der Waals surface area (Å²) in [7, 11) is -1.34. The van der Waals surface area contributed by atoms with Gasteiger partial charge in [0.05, 0.1) is 12.7 Å². The third kappa shape index (κ3) is 19.1.